The van der Waals surface area contributed by atoms with E-state index < -0.39 is 11.9 Å². The average Bonchev–Trinajstić information content (AvgIpc) is 3.01. The second-order valence-corrected chi connectivity index (χ2v) is 7.81. The maximum absolute atomic E-state index is 12.6. The van der Waals surface area contributed by atoms with E-state index in [0.717, 1.165) is 12.1 Å². The molecule has 0 unspecified atom stereocenters. The summed E-state index contributed by atoms with van der Waals surface area (Å²) in [4.78, 5) is 45.7. The van der Waals surface area contributed by atoms with Crippen molar-refractivity contribution in [2.24, 2.45) is 4.99 Å². The van der Waals surface area contributed by atoms with Crippen LogP contribution in [0.2, 0.25) is 0 Å². The lowest BCUT2D eigenvalue weighted by atomic mass is 10.2. The fourth-order valence-corrected chi connectivity index (χ4v) is 3.74. The molecular weight excluding hydrogens is 416 g/mol. The predicted octanol–water partition coefficient (Wildman–Crippen LogP) is 3.68. The van der Waals surface area contributed by atoms with E-state index in [1.54, 1.807) is 25.3 Å². The van der Waals surface area contributed by atoms with Crippen molar-refractivity contribution in [2.45, 2.75) is 26.2 Å². The summed E-state index contributed by atoms with van der Waals surface area (Å²) >= 11 is 1.27. The van der Waals surface area contributed by atoms with E-state index in [4.69, 9.17) is 5.11 Å². The molecule has 0 saturated carbocycles. The molecule has 2 heterocycles. The molecule has 1 saturated heterocycles. The van der Waals surface area contributed by atoms with Crippen LogP contribution in [0.3, 0.4) is 0 Å². The monoisotopic (exact) mass is 438 g/mol. The molecule has 1 aliphatic heterocycles. The Morgan fingerprint density at radius 1 is 1.23 bits per heavy atom. The van der Waals surface area contributed by atoms with Gasteiger partial charge in [0, 0.05) is 19.7 Å². The third-order valence-corrected chi connectivity index (χ3v) is 5.55. The van der Waals surface area contributed by atoms with Crippen molar-refractivity contribution in [3.63, 3.8) is 0 Å². The van der Waals surface area contributed by atoms with E-state index in [1.807, 2.05) is 24.3 Å². The molecule has 31 heavy (non-hydrogen) atoms. The first-order valence-corrected chi connectivity index (χ1v) is 10.5. The number of hydrogen-bond acceptors (Lipinski definition) is 6. The number of aryl methyl sites for hydroxylation is 1. The minimum Gasteiger partial charge on any atom is -0.481 e. The van der Waals surface area contributed by atoms with Gasteiger partial charge < -0.3 is 10.4 Å². The molecule has 9 heteroatoms. The maximum atomic E-state index is 12.6. The molecule has 0 atom stereocenters. The Bertz CT molecular complexity index is 1060. The topological polar surface area (TPSA) is 112 Å². The van der Waals surface area contributed by atoms with Crippen LogP contribution in [0.25, 0.3) is 6.08 Å². The van der Waals surface area contributed by atoms with E-state index in [2.05, 4.69) is 22.2 Å². The highest BCUT2D eigenvalue weighted by Crippen LogP contribution is 2.33. The SMILES string of the molecule is CCc1ccc(N=C2S/C(=C\c3ccnc(NC(=O)CCC(=O)O)c3)C(=O)N2C)cc1. The van der Waals surface area contributed by atoms with Gasteiger partial charge in [0.2, 0.25) is 5.91 Å². The fourth-order valence-electron chi connectivity index (χ4n) is 2.75. The molecule has 0 radical (unpaired) electrons. The highest BCUT2D eigenvalue weighted by atomic mass is 32.2. The zero-order chi connectivity index (χ0) is 22.4. The average molecular weight is 439 g/mol. The van der Waals surface area contributed by atoms with E-state index in [0.29, 0.717) is 21.5 Å². The highest BCUT2D eigenvalue weighted by molar-refractivity contribution is 8.18. The second kappa shape index (κ2) is 10.0. The standard InChI is InChI=1S/C22H22N4O4S/c1-3-14-4-6-16(7-5-14)24-22-26(2)21(30)17(31-22)12-15-10-11-23-18(13-15)25-19(27)8-9-20(28)29/h4-7,10-13H,3,8-9H2,1-2H3,(H,28,29)(H,23,25,27)/b17-12-,24-22?. The van der Waals surface area contributed by atoms with Gasteiger partial charge in [-0.1, -0.05) is 19.1 Å². The number of nitrogens with one attached hydrogen (secondary N) is 1. The van der Waals surface area contributed by atoms with E-state index in [9.17, 15) is 14.4 Å². The summed E-state index contributed by atoms with van der Waals surface area (Å²) in [5.74, 6) is -1.35. The molecule has 1 aromatic heterocycles. The van der Waals surface area contributed by atoms with Crippen LogP contribution in [0.1, 0.15) is 30.9 Å². The van der Waals surface area contributed by atoms with Crippen LogP contribution in [-0.2, 0) is 20.8 Å². The van der Waals surface area contributed by atoms with E-state index >= 15 is 0 Å². The van der Waals surface area contributed by atoms with Crippen molar-refractivity contribution < 1.29 is 19.5 Å². The number of anilines is 1. The third-order valence-electron chi connectivity index (χ3n) is 4.49. The Labute approximate surface area is 184 Å². The van der Waals surface area contributed by atoms with Gasteiger partial charge in [-0.25, -0.2) is 9.98 Å². The first-order chi connectivity index (χ1) is 14.9. The lowest BCUT2D eigenvalue weighted by Crippen LogP contribution is -2.23. The Balaban J connectivity index is 1.74. The zero-order valence-corrected chi connectivity index (χ0v) is 18.0. The highest BCUT2D eigenvalue weighted by Gasteiger charge is 2.30. The molecule has 3 rings (SSSR count). The smallest absolute Gasteiger partial charge is 0.303 e. The Hall–Kier alpha value is -3.46. The summed E-state index contributed by atoms with van der Waals surface area (Å²) in [5, 5.41) is 11.8. The molecule has 2 amide bonds. The van der Waals surface area contributed by atoms with Gasteiger partial charge >= 0.3 is 5.97 Å². The molecule has 8 nitrogen and oxygen atoms in total. The third kappa shape index (κ3) is 6.02. The predicted molar refractivity (Wildman–Crippen MR) is 121 cm³/mol. The number of aliphatic imine (C=N–C) groups is 1. The summed E-state index contributed by atoms with van der Waals surface area (Å²) in [6.45, 7) is 2.09. The molecule has 0 spiro atoms. The number of likely N-dealkylation sites (N-methyl/N-ethyl adjacent to an activating group) is 1. The summed E-state index contributed by atoms with van der Waals surface area (Å²) in [5.41, 5.74) is 2.67. The number of pyridine rings is 1. The van der Waals surface area contributed by atoms with Crippen LogP contribution in [0.4, 0.5) is 11.5 Å². The minimum absolute atomic E-state index is 0.138. The van der Waals surface area contributed by atoms with Crippen LogP contribution in [0, 0.1) is 0 Å². The minimum atomic E-state index is -1.04. The molecule has 1 aromatic carbocycles. The number of rotatable bonds is 7. The van der Waals surface area contributed by atoms with Gasteiger partial charge in [-0.05, 0) is 59.7 Å². The van der Waals surface area contributed by atoms with E-state index in [1.165, 1.54) is 28.4 Å². The molecule has 2 N–H and O–H groups in total. The van der Waals surface area contributed by atoms with Crippen molar-refractivity contribution in [2.75, 3.05) is 12.4 Å². The van der Waals surface area contributed by atoms with Crippen molar-refractivity contribution in [1.29, 1.82) is 0 Å². The number of carboxylic acid groups (broad SMARTS) is 1. The number of amides is 2. The molecule has 1 fully saturated rings. The Morgan fingerprint density at radius 3 is 2.65 bits per heavy atom. The largest absolute Gasteiger partial charge is 0.481 e. The normalized spacial score (nSPS) is 16.2. The lowest BCUT2D eigenvalue weighted by molar-refractivity contribution is -0.138. The number of carbonyl (C=O) groups is 3. The van der Waals surface area contributed by atoms with Crippen LogP contribution in [-0.4, -0.2) is 45.0 Å². The van der Waals surface area contributed by atoms with Crippen LogP contribution in [0.15, 0.2) is 52.5 Å². The van der Waals surface area contributed by atoms with Crippen LogP contribution in [0.5, 0.6) is 0 Å². The number of carbonyl (C=O) groups excluding carboxylic acids is 2. The summed E-state index contributed by atoms with van der Waals surface area (Å²) in [6, 6.07) is 11.2. The van der Waals surface area contributed by atoms with Crippen molar-refractivity contribution in [1.82, 2.24) is 9.88 Å². The molecule has 0 bridgehead atoms. The Kier molecular flexibility index (Phi) is 7.19. The summed E-state index contributed by atoms with van der Waals surface area (Å²) < 4.78 is 0. The number of benzene rings is 1. The molecular formula is C22H22N4O4S. The summed E-state index contributed by atoms with van der Waals surface area (Å²) in [7, 11) is 1.68. The number of hydrogen-bond donors (Lipinski definition) is 2. The van der Waals surface area contributed by atoms with Gasteiger partial charge in [0.05, 0.1) is 17.0 Å². The first kappa shape index (κ1) is 22.2. The summed E-state index contributed by atoms with van der Waals surface area (Å²) in [6.07, 6.45) is 3.78. The first-order valence-electron chi connectivity index (χ1n) is 9.68. The lowest BCUT2D eigenvalue weighted by Gasteiger charge is -2.07. The van der Waals surface area contributed by atoms with Gasteiger partial charge in [-0.2, -0.15) is 0 Å². The van der Waals surface area contributed by atoms with Gasteiger partial charge in [0.15, 0.2) is 5.17 Å². The number of aromatic nitrogens is 1. The Morgan fingerprint density at radius 2 is 1.97 bits per heavy atom. The molecule has 2 aromatic rings. The van der Waals surface area contributed by atoms with Crippen molar-refractivity contribution in [3.05, 3.63) is 58.6 Å². The quantitative estimate of drug-likeness (QED) is 0.638. The second-order valence-electron chi connectivity index (χ2n) is 6.81. The van der Waals surface area contributed by atoms with Gasteiger partial charge in [-0.3, -0.25) is 19.3 Å². The number of aliphatic carboxylic acids is 1. The molecule has 160 valence electrons. The maximum Gasteiger partial charge on any atom is 0.303 e. The number of nitrogens with zero attached hydrogens (tertiary/aromatic N) is 3. The zero-order valence-electron chi connectivity index (χ0n) is 17.2. The van der Waals surface area contributed by atoms with Crippen molar-refractivity contribution in [3.8, 4) is 0 Å². The van der Waals surface area contributed by atoms with Crippen LogP contribution < -0.4 is 5.32 Å². The van der Waals surface area contributed by atoms with Gasteiger partial charge in [0.1, 0.15) is 5.82 Å². The van der Waals surface area contributed by atoms with E-state index in [-0.39, 0.29) is 18.7 Å². The fraction of sp³-hybridized carbons (Fsp3) is 0.227. The molecule has 1 aliphatic rings. The number of thioether (sulfide) groups is 1. The van der Waals surface area contributed by atoms with Gasteiger partial charge in [0.25, 0.3) is 5.91 Å². The number of carboxylic acids is 1. The van der Waals surface area contributed by atoms with Crippen molar-refractivity contribution >= 4 is 52.3 Å². The van der Waals surface area contributed by atoms with Crippen LogP contribution >= 0.6 is 11.8 Å². The van der Waals surface area contributed by atoms with Gasteiger partial charge in [-0.15, -0.1) is 0 Å². The number of amidine groups is 1. The molecule has 0 aliphatic carbocycles.